The van der Waals surface area contributed by atoms with Crippen molar-refractivity contribution in [1.82, 2.24) is 9.78 Å². The van der Waals surface area contributed by atoms with Crippen LogP contribution in [0.1, 0.15) is 5.56 Å². The van der Waals surface area contributed by atoms with Crippen molar-refractivity contribution in [2.75, 3.05) is 0 Å². The van der Waals surface area contributed by atoms with E-state index in [4.69, 9.17) is 5.11 Å². The summed E-state index contributed by atoms with van der Waals surface area (Å²) >= 11 is 0. The molecular weight excluding hydrogens is 192 g/mol. The van der Waals surface area contributed by atoms with E-state index in [2.05, 4.69) is 5.10 Å². The minimum Gasteiger partial charge on any atom is -0.481 e. The van der Waals surface area contributed by atoms with Crippen LogP contribution in [-0.2, 0) is 11.2 Å². The molecule has 0 saturated heterocycles. The van der Waals surface area contributed by atoms with Crippen LogP contribution in [0, 0.1) is 0 Å². The zero-order valence-electron chi connectivity index (χ0n) is 8.00. The van der Waals surface area contributed by atoms with Gasteiger partial charge in [-0.1, -0.05) is 18.2 Å². The number of carboxylic acids is 1. The first kappa shape index (κ1) is 9.45. The van der Waals surface area contributed by atoms with Gasteiger partial charge in [-0.2, -0.15) is 5.10 Å². The van der Waals surface area contributed by atoms with Crippen LogP contribution in [0.25, 0.3) is 5.69 Å². The second kappa shape index (κ2) is 3.96. The molecule has 0 aliphatic carbocycles. The molecule has 0 fully saturated rings. The summed E-state index contributed by atoms with van der Waals surface area (Å²) in [5.74, 6) is -0.845. The quantitative estimate of drug-likeness (QED) is 0.820. The van der Waals surface area contributed by atoms with E-state index in [0.29, 0.717) is 5.56 Å². The van der Waals surface area contributed by atoms with Crippen molar-refractivity contribution in [1.29, 1.82) is 0 Å². The molecule has 76 valence electrons. The van der Waals surface area contributed by atoms with Gasteiger partial charge in [-0.15, -0.1) is 0 Å². The third-order valence-electron chi connectivity index (χ3n) is 2.01. The third kappa shape index (κ3) is 2.22. The smallest absolute Gasteiger partial charge is 0.307 e. The molecule has 0 bridgehead atoms. The molecule has 1 heterocycles. The maximum Gasteiger partial charge on any atom is 0.307 e. The number of para-hydroxylation sites is 1. The molecule has 0 radical (unpaired) electrons. The van der Waals surface area contributed by atoms with Crippen LogP contribution in [0.3, 0.4) is 0 Å². The van der Waals surface area contributed by atoms with Crippen LogP contribution in [0.4, 0.5) is 0 Å². The molecule has 0 unspecified atom stereocenters. The average Bonchev–Trinajstić information content (AvgIpc) is 2.67. The van der Waals surface area contributed by atoms with Crippen molar-refractivity contribution in [3.8, 4) is 5.69 Å². The van der Waals surface area contributed by atoms with Gasteiger partial charge in [0.2, 0.25) is 0 Å². The van der Waals surface area contributed by atoms with Crippen LogP contribution in [0.5, 0.6) is 0 Å². The summed E-state index contributed by atoms with van der Waals surface area (Å²) in [7, 11) is 0. The van der Waals surface area contributed by atoms with Crippen molar-refractivity contribution in [3.63, 3.8) is 0 Å². The summed E-state index contributed by atoms with van der Waals surface area (Å²) in [4.78, 5) is 10.5. The predicted octanol–water partition coefficient (Wildman–Crippen LogP) is 1.50. The number of aliphatic carboxylic acids is 1. The summed E-state index contributed by atoms with van der Waals surface area (Å²) in [6.45, 7) is 0. The van der Waals surface area contributed by atoms with E-state index < -0.39 is 5.97 Å². The first-order valence-electron chi connectivity index (χ1n) is 4.56. The van der Waals surface area contributed by atoms with E-state index in [9.17, 15) is 4.79 Å². The molecule has 0 aliphatic heterocycles. The molecule has 4 heteroatoms. The monoisotopic (exact) mass is 202 g/mol. The Balaban J connectivity index is 2.24. The minimum absolute atomic E-state index is 0.00678. The molecule has 0 atom stereocenters. The normalized spacial score (nSPS) is 10.1. The van der Waals surface area contributed by atoms with E-state index >= 15 is 0 Å². The molecule has 2 rings (SSSR count). The Morgan fingerprint density at radius 2 is 2.07 bits per heavy atom. The van der Waals surface area contributed by atoms with Crippen LogP contribution in [0.15, 0.2) is 42.7 Å². The molecule has 4 nitrogen and oxygen atoms in total. The molecule has 0 aliphatic rings. The number of rotatable bonds is 3. The van der Waals surface area contributed by atoms with Gasteiger partial charge < -0.3 is 5.11 Å². The lowest BCUT2D eigenvalue weighted by Gasteiger charge is -1.98. The molecule has 15 heavy (non-hydrogen) atoms. The Hall–Kier alpha value is -2.10. The molecule has 0 amide bonds. The zero-order chi connectivity index (χ0) is 10.7. The lowest BCUT2D eigenvalue weighted by atomic mass is 10.2. The van der Waals surface area contributed by atoms with E-state index in [1.165, 1.54) is 0 Å². The molecule has 2 aromatic rings. The van der Waals surface area contributed by atoms with Gasteiger partial charge in [-0.3, -0.25) is 4.79 Å². The maximum atomic E-state index is 10.5. The predicted molar refractivity (Wildman–Crippen MR) is 54.9 cm³/mol. The van der Waals surface area contributed by atoms with Gasteiger partial charge in [0.15, 0.2) is 0 Å². The molecule has 1 aromatic heterocycles. The topological polar surface area (TPSA) is 55.1 Å². The highest BCUT2D eigenvalue weighted by atomic mass is 16.4. The molecule has 1 N–H and O–H groups in total. The molecule has 1 aromatic carbocycles. The third-order valence-corrected chi connectivity index (χ3v) is 2.01. The number of aromatic nitrogens is 2. The Kier molecular flexibility index (Phi) is 2.49. The van der Waals surface area contributed by atoms with E-state index in [0.717, 1.165) is 5.69 Å². The lowest BCUT2D eigenvalue weighted by molar-refractivity contribution is -0.136. The fraction of sp³-hybridized carbons (Fsp3) is 0.0909. The van der Waals surface area contributed by atoms with Crippen molar-refractivity contribution in [2.45, 2.75) is 6.42 Å². The summed E-state index contributed by atoms with van der Waals surface area (Å²) < 4.78 is 1.66. The summed E-state index contributed by atoms with van der Waals surface area (Å²) in [6, 6.07) is 9.57. The molecule has 0 saturated carbocycles. The first-order valence-corrected chi connectivity index (χ1v) is 4.56. The number of hydrogen-bond acceptors (Lipinski definition) is 2. The minimum atomic E-state index is -0.845. The van der Waals surface area contributed by atoms with Gasteiger partial charge in [0.1, 0.15) is 0 Å². The Morgan fingerprint density at radius 1 is 1.33 bits per heavy atom. The van der Waals surface area contributed by atoms with Crippen molar-refractivity contribution < 1.29 is 9.90 Å². The molecule has 0 spiro atoms. The highest BCUT2D eigenvalue weighted by Gasteiger charge is 2.04. The standard InChI is InChI=1S/C11H10N2O2/c14-11(15)6-9-7-12-13(8-9)10-4-2-1-3-5-10/h1-5,7-8H,6H2,(H,14,15). The average molecular weight is 202 g/mol. The van der Waals surface area contributed by atoms with Crippen molar-refractivity contribution in [3.05, 3.63) is 48.3 Å². The van der Waals surface area contributed by atoms with Crippen molar-refractivity contribution >= 4 is 5.97 Å². The van der Waals surface area contributed by atoms with Crippen LogP contribution in [0.2, 0.25) is 0 Å². The Labute approximate surface area is 86.8 Å². The number of carboxylic acid groups (broad SMARTS) is 1. The second-order valence-corrected chi connectivity index (χ2v) is 3.20. The van der Waals surface area contributed by atoms with Crippen LogP contribution < -0.4 is 0 Å². The van der Waals surface area contributed by atoms with Gasteiger partial charge in [0.25, 0.3) is 0 Å². The summed E-state index contributed by atoms with van der Waals surface area (Å²) in [5.41, 5.74) is 1.63. The zero-order valence-corrected chi connectivity index (χ0v) is 8.00. The largest absolute Gasteiger partial charge is 0.481 e. The Bertz CT molecular complexity index is 462. The first-order chi connectivity index (χ1) is 7.25. The van der Waals surface area contributed by atoms with Gasteiger partial charge in [-0.05, 0) is 12.1 Å². The lowest BCUT2D eigenvalue weighted by Crippen LogP contribution is -1.98. The van der Waals surface area contributed by atoms with Gasteiger partial charge >= 0.3 is 5.97 Å². The number of hydrogen-bond donors (Lipinski definition) is 1. The fourth-order valence-corrected chi connectivity index (χ4v) is 1.35. The summed E-state index contributed by atoms with van der Waals surface area (Å²) in [6.07, 6.45) is 3.30. The van der Waals surface area contributed by atoms with E-state index in [1.54, 1.807) is 17.1 Å². The number of nitrogens with zero attached hydrogens (tertiary/aromatic N) is 2. The Morgan fingerprint density at radius 3 is 2.73 bits per heavy atom. The SMILES string of the molecule is O=C(O)Cc1cnn(-c2ccccc2)c1. The number of benzene rings is 1. The number of carbonyl (C=O) groups is 1. The van der Waals surface area contributed by atoms with Crippen molar-refractivity contribution in [2.24, 2.45) is 0 Å². The maximum absolute atomic E-state index is 10.5. The van der Waals surface area contributed by atoms with E-state index in [1.807, 2.05) is 30.3 Å². The van der Waals surface area contributed by atoms with E-state index in [-0.39, 0.29) is 6.42 Å². The van der Waals surface area contributed by atoms with Gasteiger partial charge in [-0.25, -0.2) is 4.68 Å². The van der Waals surface area contributed by atoms with Gasteiger partial charge in [0.05, 0.1) is 18.3 Å². The molecular formula is C11H10N2O2. The van der Waals surface area contributed by atoms with Gasteiger partial charge in [0, 0.05) is 11.8 Å². The highest BCUT2D eigenvalue weighted by molar-refractivity contribution is 5.69. The van der Waals surface area contributed by atoms with Crippen LogP contribution in [-0.4, -0.2) is 20.9 Å². The highest BCUT2D eigenvalue weighted by Crippen LogP contribution is 2.07. The summed E-state index contributed by atoms with van der Waals surface area (Å²) in [5, 5.41) is 12.7. The fourth-order valence-electron chi connectivity index (χ4n) is 1.35. The second-order valence-electron chi connectivity index (χ2n) is 3.20. The van der Waals surface area contributed by atoms with Crippen LogP contribution >= 0.6 is 0 Å².